The van der Waals surface area contributed by atoms with Gasteiger partial charge in [-0.15, -0.1) is 0 Å². The average Bonchev–Trinajstić information content (AvgIpc) is 3.13. The molecule has 0 spiro atoms. The minimum absolute atomic E-state index is 0.0830. The van der Waals surface area contributed by atoms with Gasteiger partial charge in [-0.2, -0.15) is 8.75 Å². The van der Waals surface area contributed by atoms with E-state index in [1.54, 1.807) is 12.1 Å². The molecule has 1 atom stereocenters. The number of nitrogens with zero attached hydrogens (tertiary/aromatic N) is 2. The Morgan fingerprint density at radius 1 is 1.04 bits per heavy atom. The predicted molar refractivity (Wildman–Crippen MR) is 111 cm³/mol. The van der Waals surface area contributed by atoms with Crippen molar-refractivity contribution in [2.45, 2.75) is 50.3 Å². The number of fused-ring (bicyclic) bond motifs is 1. The Balaban J connectivity index is 1.84. The first-order chi connectivity index (χ1) is 13.3. The summed E-state index contributed by atoms with van der Waals surface area (Å²) in [7, 11) is -3.93. The van der Waals surface area contributed by atoms with Crippen LogP contribution in [0.1, 0.15) is 56.6 Å². The van der Waals surface area contributed by atoms with E-state index in [1.165, 1.54) is 12.1 Å². The van der Waals surface area contributed by atoms with Crippen LogP contribution >= 0.6 is 11.7 Å². The fourth-order valence-electron chi connectivity index (χ4n) is 3.05. The topological polar surface area (TPSA) is 89.0 Å². The van der Waals surface area contributed by atoms with Gasteiger partial charge in [-0.3, -0.25) is 4.79 Å². The van der Waals surface area contributed by atoms with Crippen molar-refractivity contribution in [3.8, 4) is 0 Å². The number of aromatic nitrogens is 2. The van der Waals surface area contributed by atoms with Crippen molar-refractivity contribution < 1.29 is 13.2 Å². The van der Waals surface area contributed by atoms with Crippen LogP contribution in [0.2, 0.25) is 0 Å². The monoisotopic (exact) mass is 417 g/mol. The Morgan fingerprint density at radius 2 is 1.68 bits per heavy atom. The quantitative estimate of drug-likeness (QED) is 0.622. The molecule has 1 amide bonds. The number of hydrogen-bond acceptors (Lipinski definition) is 6. The highest BCUT2D eigenvalue weighted by atomic mass is 32.2. The lowest BCUT2D eigenvalue weighted by molar-refractivity contribution is -0.120. The molecule has 1 aromatic heterocycles. The molecule has 0 saturated carbocycles. The first-order valence-corrected chi connectivity index (χ1v) is 11.4. The van der Waals surface area contributed by atoms with Gasteiger partial charge in [0.05, 0.1) is 22.5 Å². The number of benzene rings is 2. The average molecular weight is 418 g/mol. The number of amides is 1. The molecule has 0 aliphatic heterocycles. The Hall–Kier alpha value is -2.32. The lowest BCUT2D eigenvalue weighted by Gasteiger charge is -2.17. The molecule has 0 saturated heterocycles. The molecule has 8 heteroatoms. The van der Waals surface area contributed by atoms with E-state index in [0.29, 0.717) is 17.9 Å². The maximum Gasteiger partial charge on any atom is 0.264 e. The molecular formula is C20H23N3O3S2. The molecule has 1 heterocycles. The molecule has 2 aromatic carbocycles. The van der Waals surface area contributed by atoms with Gasteiger partial charge in [-0.1, -0.05) is 45.4 Å². The van der Waals surface area contributed by atoms with Gasteiger partial charge >= 0.3 is 0 Å². The molecule has 6 nitrogen and oxygen atoms in total. The molecule has 0 aliphatic carbocycles. The molecule has 3 aromatic rings. The number of sulfonamides is 1. The Kier molecular flexibility index (Phi) is 6.10. The van der Waals surface area contributed by atoms with Gasteiger partial charge in [0.25, 0.3) is 10.0 Å². The fraction of sp³-hybridized carbons (Fsp3) is 0.350. The molecule has 3 rings (SSSR count). The Labute approximate surface area is 169 Å². The van der Waals surface area contributed by atoms with E-state index in [9.17, 15) is 13.2 Å². The number of nitrogens with one attached hydrogen (secondary N) is 1. The van der Waals surface area contributed by atoms with Gasteiger partial charge in [0, 0.05) is 0 Å². The zero-order valence-corrected chi connectivity index (χ0v) is 17.7. The van der Waals surface area contributed by atoms with Gasteiger partial charge in [0.15, 0.2) is 0 Å². The number of hydrogen-bond donors (Lipinski definition) is 1. The number of rotatable bonds is 7. The van der Waals surface area contributed by atoms with Crippen LogP contribution in [0.25, 0.3) is 11.0 Å². The molecule has 0 radical (unpaired) electrons. The van der Waals surface area contributed by atoms with E-state index in [1.807, 2.05) is 39.0 Å². The van der Waals surface area contributed by atoms with Gasteiger partial charge in [0.2, 0.25) is 5.91 Å². The van der Waals surface area contributed by atoms with E-state index in [4.69, 9.17) is 0 Å². The van der Waals surface area contributed by atoms with Crippen molar-refractivity contribution in [1.29, 1.82) is 0 Å². The zero-order chi connectivity index (χ0) is 20.3. The van der Waals surface area contributed by atoms with Crippen molar-refractivity contribution >= 4 is 38.7 Å². The molecule has 0 bridgehead atoms. The second-order valence-corrected chi connectivity index (χ2v) is 9.26. The first-order valence-electron chi connectivity index (χ1n) is 9.20. The zero-order valence-electron chi connectivity index (χ0n) is 16.0. The highest BCUT2D eigenvalue weighted by Crippen LogP contribution is 2.26. The van der Waals surface area contributed by atoms with Gasteiger partial charge in [-0.25, -0.2) is 13.1 Å². The summed E-state index contributed by atoms with van der Waals surface area (Å²) in [5.74, 6) is -0.798. The van der Waals surface area contributed by atoms with E-state index in [0.717, 1.165) is 34.8 Å². The fourth-order valence-corrected chi connectivity index (χ4v) is 4.58. The van der Waals surface area contributed by atoms with Crippen molar-refractivity contribution in [2.75, 3.05) is 0 Å². The third-order valence-corrected chi connectivity index (χ3v) is 6.59. The third-order valence-electron chi connectivity index (χ3n) is 4.67. The van der Waals surface area contributed by atoms with Crippen LogP contribution in [-0.4, -0.2) is 23.1 Å². The van der Waals surface area contributed by atoms with Gasteiger partial charge in [-0.05, 0) is 47.7 Å². The smallest absolute Gasteiger partial charge is 0.264 e. The maximum absolute atomic E-state index is 12.8. The minimum atomic E-state index is -3.93. The van der Waals surface area contributed by atoms with Crippen LogP contribution in [0, 0.1) is 0 Å². The van der Waals surface area contributed by atoms with E-state index in [2.05, 4.69) is 13.5 Å². The number of carbonyl (C=O) groups excluding carboxylic acids is 1. The summed E-state index contributed by atoms with van der Waals surface area (Å²) in [6.07, 6.45) is 1.28. The van der Waals surface area contributed by atoms with E-state index < -0.39 is 21.8 Å². The van der Waals surface area contributed by atoms with Crippen LogP contribution in [0.5, 0.6) is 0 Å². The molecule has 1 N–H and O–H groups in total. The predicted octanol–water partition coefficient (Wildman–Crippen LogP) is 4.20. The van der Waals surface area contributed by atoms with Crippen LogP contribution in [0.4, 0.5) is 0 Å². The molecule has 0 fully saturated rings. The van der Waals surface area contributed by atoms with Crippen molar-refractivity contribution in [3.63, 3.8) is 0 Å². The Morgan fingerprint density at radius 3 is 2.32 bits per heavy atom. The Bertz CT molecular complexity index is 1070. The number of carbonyl (C=O) groups is 1. The largest absolute Gasteiger partial charge is 0.273 e. The standard InChI is InChI=1S/C20H23N3O3S2/c1-4-5-17(15-8-11-18-19(12-15)22-27-21-18)20(24)23-28(25,26)16-9-6-14(7-10-16)13(2)3/h6-13,17H,4-5H2,1-3H3,(H,23,24). The highest BCUT2D eigenvalue weighted by molar-refractivity contribution is 7.90. The van der Waals surface area contributed by atoms with Crippen LogP contribution in [0.3, 0.4) is 0 Å². The van der Waals surface area contributed by atoms with Gasteiger partial charge < -0.3 is 0 Å². The van der Waals surface area contributed by atoms with Crippen LogP contribution in [-0.2, 0) is 14.8 Å². The van der Waals surface area contributed by atoms with Crippen LogP contribution in [0.15, 0.2) is 47.4 Å². The SMILES string of the molecule is CCCC(C(=O)NS(=O)(=O)c1ccc(C(C)C)cc1)c1ccc2nsnc2c1. The summed E-state index contributed by atoms with van der Waals surface area (Å²) < 4.78 is 36.0. The van der Waals surface area contributed by atoms with Gasteiger partial charge in [0.1, 0.15) is 11.0 Å². The summed E-state index contributed by atoms with van der Waals surface area (Å²) in [5.41, 5.74) is 3.26. The summed E-state index contributed by atoms with van der Waals surface area (Å²) in [6.45, 7) is 6.03. The van der Waals surface area contributed by atoms with Crippen molar-refractivity contribution in [1.82, 2.24) is 13.5 Å². The second-order valence-electron chi connectivity index (χ2n) is 7.05. The highest BCUT2D eigenvalue weighted by Gasteiger charge is 2.26. The molecule has 28 heavy (non-hydrogen) atoms. The molecule has 1 unspecified atom stereocenters. The summed E-state index contributed by atoms with van der Waals surface area (Å²) in [5, 5.41) is 0. The molecular weight excluding hydrogens is 394 g/mol. The minimum Gasteiger partial charge on any atom is -0.273 e. The van der Waals surface area contributed by atoms with E-state index >= 15 is 0 Å². The maximum atomic E-state index is 12.8. The summed E-state index contributed by atoms with van der Waals surface area (Å²) in [4.78, 5) is 12.9. The third kappa shape index (κ3) is 4.39. The summed E-state index contributed by atoms with van der Waals surface area (Å²) >= 11 is 1.11. The van der Waals surface area contributed by atoms with Crippen LogP contribution < -0.4 is 4.72 Å². The first kappa shape index (κ1) is 20.4. The summed E-state index contributed by atoms with van der Waals surface area (Å²) in [6, 6.07) is 12.0. The second kappa shape index (κ2) is 8.36. The normalized spacial score (nSPS) is 13.0. The molecule has 148 valence electrons. The van der Waals surface area contributed by atoms with E-state index in [-0.39, 0.29) is 4.90 Å². The lowest BCUT2D eigenvalue weighted by Crippen LogP contribution is -2.34. The van der Waals surface area contributed by atoms with Crippen molar-refractivity contribution in [3.05, 3.63) is 53.6 Å². The van der Waals surface area contributed by atoms with Crippen molar-refractivity contribution in [2.24, 2.45) is 0 Å². The lowest BCUT2D eigenvalue weighted by atomic mass is 9.93. The molecule has 0 aliphatic rings.